The fourth-order valence-corrected chi connectivity index (χ4v) is 4.19. The van der Waals surface area contributed by atoms with E-state index in [9.17, 15) is 4.79 Å². The molecule has 6 nitrogen and oxygen atoms in total. The molecule has 1 unspecified atom stereocenters. The Morgan fingerprint density at radius 3 is 2.40 bits per heavy atom. The molecule has 1 heterocycles. The molecule has 158 valence electrons. The highest BCUT2D eigenvalue weighted by molar-refractivity contribution is 8.00. The predicted octanol–water partition coefficient (Wildman–Crippen LogP) is 4.80. The van der Waals surface area contributed by atoms with Crippen molar-refractivity contribution in [2.24, 2.45) is 0 Å². The first-order chi connectivity index (χ1) is 14.2. The zero-order valence-electron chi connectivity index (χ0n) is 17.8. The van der Waals surface area contributed by atoms with Crippen molar-refractivity contribution in [1.82, 2.24) is 14.9 Å². The minimum Gasteiger partial charge on any atom is -0.335 e. The molecule has 30 heavy (non-hydrogen) atoms. The first-order valence-corrected chi connectivity index (χ1v) is 11.7. The third-order valence-corrected chi connectivity index (χ3v) is 6.54. The molecule has 1 aromatic heterocycles. The Balaban J connectivity index is 1.72. The molecule has 3 aromatic rings. The van der Waals surface area contributed by atoms with Gasteiger partial charge < -0.3 is 11.2 Å². The number of nitrogens with one attached hydrogen (secondary N) is 1. The van der Waals surface area contributed by atoms with E-state index in [-0.39, 0.29) is 16.6 Å². The zero-order chi connectivity index (χ0) is 21.9. The van der Waals surface area contributed by atoms with Crippen LogP contribution in [0, 0.1) is 0 Å². The predicted molar refractivity (Wildman–Crippen MR) is 126 cm³/mol. The molecule has 0 aliphatic carbocycles. The second kappa shape index (κ2) is 9.14. The molecule has 2 aromatic carbocycles. The number of hydrogen-bond donors (Lipinski definition) is 2. The number of hydrogen-bond acceptors (Lipinski definition) is 6. The van der Waals surface area contributed by atoms with Crippen LogP contribution in [0.2, 0.25) is 0 Å². The van der Waals surface area contributed by atoms with Crippen LogP contribution in [0.1, 0.15) is 33.3 Å². The van der Waals surface area contributed by atoms with Gasteiger partial charge in [-0.1, -0.05) is 68.9 Å². The van der Waals surface area contributed by atoms with Crippen molar-refractivity contribution in [3.63, 3.8) is 0 Å². The van der Waals surface area contributed by atoms with E-state index in [1.165, 1.54) is 22.0 Å². The molecule has 0 fully saturated rings. The van der Waals surface area contributed by atoms with Crippen molar-refractivity contribution in [3.05, 3.63) is 54.1 Å². The summed E-state index contributed by atoms with van der Waals surface area (Å²) in [6, 6.07) is 15.9. The lowest BCUT2D eigenvalue weighted by atomic mass is 9.87. The highest BCUT2D eigenvalue weighted by Gasteiger charge is 2.21. The standard InChI is InChI=1S/C22H27N5OS2/c1-14(20(28)24-17-8-6-7-9-18(17)29-5)30-21-26-25-19(27(21)23)15-10-12-16(13-11-15)22(2,3)4/h6-14H,23H2,1-5H3,(H,24,28). The van der Waals surface area contributed by atoms with E-state index in [1.807, 2.05) is 49.6 Å². The van der Waals surface area contributed by atoms with Gasteiger partial charge in [-0.05, 0) is 36.3 Å². The van der Waals surface area contributed by atoms with Crippen molar-refractivity contribution >= 4 is 35.1 Å². The Morgan fingerprint density at radius 2 is 1.77 bits per heavy atom. The summed E-state index contributed by atoms with van der Waals surface area (Å²) < 4.78 is 1.44. The van der Waals surface area contributed by atoms with Crippen LogP contribution in [0.15, 0.2) is 58.6 Å². The lowest BCUT2D eigenvalue weighted by Crippen LogP contribution is -2.24. The molecular formula is C22H27N5OS2. The highest BCUT2D eigenvalue weighted by Crippen LogP contribution is 2.29. The minimum atomic E-state index is -0.387. The largest absolute Gasteiger partial charge is 0.335 e. The Labute approximate surface area is 186 Å². The van der Waals surface area contributed by atoms with Crippen LogP contribution in [0.5, 0.6) is 0 Å². The van der Waals surface area contributed by atoms with Gasteiger partial charge in [-0.3, -0.25) is 4.79 Å². The molecule has 1 atom stereocenters. The molecule has 3 rings (SSSR count). The maximum atomic E-state index is 12.7. The van der Waals surface area contributed by atoms with Crippen molar-refractivity contribution in [3.8, 4) is 11.4 Å². The normalized spacial score (nSPS) is 12.6. The summed E-state index contributed by atoms with van der Waals surface area (Å²) in [7, 11) is 0. The summed E-state index contributed by atoms with van der Waals surface area (Å²) >= 11 is 2.87. The number of benzene rings is 2. The van der Waals surface area contributed by atoms with Gasteiger partial charge in [0.15, 0.2) is 5.82 Å². The fraction of sp³-hybridized carbons (Fsp3) is 0.318. The SMILES string of the molecule is CSc1ccccc1NC(=O)C(C)Sc1nnc(-c2ccc(C(C)(C)C)cc2)n1N. The smallest absolute Gasteiger partial charge is 0.237 e. The van der Waals surface area contributed by atoms with Gasteiger partial charge in [0.1, 0.15) is 0 Å². The number of nitrogens with zero attached hydrogens (tertiary/aromatic N) is 3. The van der Waals surface area contributed by atoms with Crippen LogP contribution in [0.25, 0.3) is 11.4 Å². The summed E-state index contributed by atoms with van der Waals surface area (Å²) in [5.74, 6) is 6.70. The number of amides is 1. The molecule has 8 heteroatoms. The van der Waals surface area contributed by atoms with Crippen LogP contribution in [-0.4, -0.2) is 32.3 Å². The van der Waals surface area contributed by atoms with Gasteiger partial charge in [0, 0.05) is 10.5 Å². The summed E-state index contributed by atoms with van der Waals surface area (Å²) in [6.07, 6.45) is 1.98. The lowest BCUT2D eigenvalue weighted by Gasteiger charge is -2.19. The number of rotatable bonds is 6. The van der Waals surface area contributed by atoms with Crippen LogP contribution < -0.4 is 11.2 Å². The van der Waals surface area contributed by atoms with Gasteiger partial charge in [-0.15, -0.1) is 22.0 Å². The van der Waals surface area contributed by atoms with E-state index in [4.69, 9.17) is 5.84 Å². The molecule has 1 amide bonds. The highest BCUT2D eigenvalue weighted by atomic mass is 32.2. The number of thioether (sulfide) groups is 2. The molecule has 0 aliphatic heterocycles. The average molecular weight is 442 g/mol. The summed E-state index contributed by atoms with van der Waals surface area (Å²) in [5, 5.41) is 11.5. The van der Waals surface area contributed by atoms with Crippen molar-refractivity contribution in [1.29, 1.82) is 0 Å². The number of nitrogen functional groups attached to an aromatic ring is 1. The zero-order valence-corrected chi connectivity index (χ0v) is 19.5. The van der Waals surface area contributed by atoms with Gasteiger partial charge in [-0.2, -0.15) is 0 Å². The summed E-state index contributed by atoms with van der Waals surface area (Å²) in [4.78, 5) is 13.7. The van der Waals surface area contributed by atoms with Crippen LogP contribution in [0.3, 0.4) is 0 Å². The fourth-order valence-electron chi connectivity index (χ4n) is 2.87. The molecule has 0 saturated carbocycles. The number of carbonyl (C=O) groups excluding carboxylic acids is 1. The summed E-state index contributed by atoms with van der Waals surface area (Å²) in [6.45, 7) is 8.35. The number of anilines is 1. The van der Waals surface area contributed by atoms with E-state index in [0.29, 0.717) is 11.0 Å². The van der Waals surface area contributed by atoms with E-state index in [0.717, 1.165) is 16.1 Å². The first kappa shape index (κ1) is 22.2. The van der Waals surface area contributed by atoms with Crippen LogP contribution in [-0.2, 0) is 10.2 Å². The molecule has 0 radical (unpaired) electrons. The van der Waals surface area contributed by atoms with Crippen molar-refractivity contribution in [2.45, 2.75) is 48.4 Å². The topological polar surface area (TPSA) is 85.8 Å². The second-order valence-electron chi connectivity index (χ2n) is 7.95. The number of nitrogens with two attached hydrogens (primary N) is 1. The molecule has 3 N–H and O–H groups in total. The molecule has 0 spiro atoms. The monoisotopic (exact) mass is 441 g/mol. The summed E-state index contributed by atoms with van der Waals surface area (Å²) in [5.41, 5.74) is 3.00. The van der Waals surface area contributed by atoms with Crippen molar-refractivity contribution < 1.29 is 4.79 Å². The lowest BCUT2D eigenvalue weighted by molar-refractivity contribution is -0.115. The first-order valence-electron chi connectivity index (χ1n) is 9.62. The van der Waals surface area contributed by atoms with E-state index in [1.54, 1.807) is 11.8 Å². The third kappa shape index (κ3) is 4.99. The van der Waals surface area contributed by atoms with Crippen LogP contribution in [0.4, 0.5) is 5.69 Å². The second-order valence-corrected chi connectivity index (χ2v) is 10.1. The Bertz CT molecular complexity index is 1020. The molecule has 0 aliphatic rings. The van der Waals surface area contributed by atoms with Gasteiger partial charge in [0.25, 0.3) is 0 Å². The Kier molecular flexibility index (Phi) is 6.77. The van der Waals surface area contributed by atoms with Gasteiger partial charge in [0.2, 0.25) is 11.1 Å². The van der Waals surface area contributed by atoms with E-state index in [2.05, 4.69) is 48.4 Å². The van der Waals surface area contributed by atoms with Gasteiger partial charge in [-0.25, -0.2) is 4.68 Å². The minimum absolute atomic E-state index is 0.0770. The molecule has 0 saturated heterocycles. The Hall–Kier alpha value is -2.45. The number of aromatic nitrogens is 3. The van der Waals surface area contributed by atoms with E-state index < -0.39 is 0 Å². The van der Waals surface area contributed by atoms with Crippen molar-refractivity contribution in [2.75, 3.05) is 17.4 Å². The number of carbonyl (C=O) groups is 1. The maximum Gasteiger partial charge on any atom is 0.237 e. The van der Waals surface area contributed by atoms with Crippen LogP contribution >= 0.6 is 23.5 Å². The number of para-hydroxylation sites is 1. The molecule has 0 bridgehead atoms. The third-order valence-electron chi connectivity index (χ3n) is 4.69. The van der Waals surface area contributed by atoms with Gasteiger partial charge >= 0.3 is 0 Å². The van der Waals surface area contributed by atoms with E-state index >= 15 is 0 Å². The quantitative estimate of drug-likeness (QED) is 0.422. The average Bonchev–Trinajstić information content (AvgIpc) is 3.08. The van der Waals surface area contributed by atoms with Gasteiger partial charge in [0.05, 0.1) is 10.9 Å². The Morgan fingerprint density at radius 1 is 1.10 bits per heavy atom. The molecular weight excluding hydrogens is 414 g/mol. The maximum absolute atomic E-state index is 12.7.